The predicted molar refractivity (Wildman–Crippen MR) is 97.5 cm³/mol. The molecule has 2 N–H and O–H groups in total. The van der Waals surface area contributed by atoms with Crippen molar-refractivity contribution in [3.05, 3.63) is 24.3 Å². The summed E-state index contributed by atoms with van der Waals surface area (Å²) in [5.41, 5.74) is 0. The van der Waals surface area contributed by atoms with Gasteiger partial charge >= 0.3 is 5.97 Å². The lowest BCUT2D eigenvalue weighted by Gasteiger charge is -2.34. The fraction of sp³-hybridized carbons (Fsp3) is 0.579. The molecular weight excluding hydrogens is 336 g/mol. The minimum atomic E-state index is -0.786. The number of benzene rings is 1. The Bertz CT molecular complexity index is 590. The monoisotopic (exact) mass is 364 g/mol. The molecule has 0 bridgehead atoms. The van der Waals surface area contributed by atoms with Crippen LogP contribution in [0.3, 0.4) is 0 Å². The molecule has 144 valence electrons. The first-order chi connectivity index (χ1) is 12.5. The van der Waals surface area contributed by atoms with E-state index in [1.54, 1.807) is 0 Å². The largest absolute Gasteiger partial charge is 0.494 e. The van der Waals surface area contributed by atoms with E-state index < -0.39 is 11.9 Å². The molecule has 1 aliphatic rings. The van der Waals surface area contributed by atoms with Crippen molar-refractivity contribution in [2.24, 2.45) is 11.8 Å². The van der Waals surface area contributed by atoms with Crippen LogP contribution >= 0.6 is 0 Å². The van der Waals surface area contributed by atoms with E-state index in [1.165, 1.54) is 0 Å². The van der Waals surface area contributed by atoms with Gasteiger partial charge < -0.3 is 19.9 Å². The summed E-state index contributed by atoms with van der Waals surface area (Å²) in [6.45, 7) is 6.73. The van der Waals surface area contributed by atoms with Crippen LogP contribution in [0.4, 0.5) is 0 Å². The zero-order chi connectivity index (χ0) is 18.9. The molecule has 7 nitrogen and oxygen atoms in total. The van der Waals surface area contributed by atoms with Crippen molar-refractivity contribution in [1.29, 1.82) is 0 Å². The molecular formula is C19H28N2O5. The molecule has 0 aliphatic carbocycles. The standard InChI is InChI=1S/C19H28N2O5/c1-3-25-16-4-6-17(7-5-16)26-9-8-20-18(22)13-21-11-14(2)10-15(12-21)19(23)24/h4-7,14-15H,3,8-13H2,1-2H3,(H,20,22)(H,23,24). The molecule has 1 aromatic rings. The van der Waals surface area contributed by atoms with E-state index in [-0.39, 0.29) is 18.4 Å². The summed E-state index contributed by atoms with van der Waals surface area (Å²) >= 11 is 0. The Kier molecular flexibility index (Phi) is 7.72. The first kappa shape index (κ1) is 20.0. The fourth-order valence-electron chi connectivity index (χ4n) is 3.19. The van der Waals surface area contributed by atoms with Gasteiger partial charge in [-0.05, 0) is 43.5 Å². The molecule has 1 aromatic carbocycles. The van der Waals surface area contributed by atoms with Gasteiger partial charge in [-0.15, -0.1) is 0 Å². The SMILES string of the molecule is CCOc1ccc(OCCNC(=O)CN2CC(C)CC(C(=O)O)C2)cc1. The van der Waals surface area contributed by atoms with Crippen LogP contribution in [0.5, 0.6) is 11.5 Å². The quantitative estimate of drug-likeness (QED) is 0.648. The Labute approximate surface area is 154 Å². The minimum Gasteiger partial charge on any atom is -0.494 e. The Morgan fingerprint density at radius 3 is 2.46 bits per heavy atom. The van der Waals surface area contributed by atoms with Crippen LogP contribution in [-0.2, 0) is 9.59 Å². The summed E-state index contributed by atoms with van der Waals surface area (Å²) in [5, 5.41) is 12.0. The maximum absolute atomic E-state index is 12.1. The number of carboxylic acid groups (broad SMARTS) is 1. The molecule has 1 fully saturated rings. The number of hydrogen-bond acceptors (Lipinski definition) is 5. The molecule has 0 saturated carbocycles. The van der Waals surface area contributed by atoms with Gasteiger partial charge in [0.25, 0.3) is 0 Å². The number of nitrogens with one attached hydrogen (secondary N) is 1. The second-order valence-electron chi connectivity index (χ2n) is 6.67. The summed E-state index contributed by atoms with van der Waals surface area (Å²) in [5.74, 6) is 0.500. The van der Waals surface area contributed by atoms with Gasteiger partial charge in [0.15, 0.2) is 0 Å². The second kappa shape index (κ2) is 10.0. The van der Waals surface area contributed by atoms with Gasteiger partial charge in [0.2, 0.25) is 5.91 Å². The maximum atomic E-state index is 12.1. The number of nitrogens with zero attached hydrogens (tertiary/aromatic N) is 1. The summed E-state index contributed by atoms with van der Waals surface area (Å²) in [6, 6.07) is 7.34. The molecule has 1 aliphatic heterocycles. The van der Waals surface area contributed by atoms with Gasteiger partial charge in [0, 0.05) is 13.1 Å². The average molecular weight is 364 g/mol. The number of carbonyl (C=O) groups is 2. The topological polar surface area (TPSA) is 88.1 Å². The Balaban J connectivity index is 1.66. The van der Waals surface area contributed by atoms with Crippen molar-refractivity contribution in [1.82, 2.24) is 10.2 Å². The van der Waals surface area contributed by atoms with Gasteiger partial charge in [-0.25, -0.2) is 0 Å². The number of aliphatic carboxylic acids is 1. The van der Waals surface area contributed by atoms with Gasteiger partial charge in [-0.2, -0.15) is 0 Å². The Hall–Kier alpha value is -2.28. The number of carboxylic acids is 1. The predicted octanol–water partition coefficient (Wildman–Crippen LogP) is 1.62. The van der Waals surface area contributed by atoms with E-state index in [9.17, 15) is 14.7 Å². The Morgan fingerprint density at radius 2 is 1.85 bits per heavy atom. The van der Waals surface area contributed by atoms with Crippen LogP contribution in [0.15, 0.2) is 24.3 Å². The lowest BCUT2D eigenvalue weighted by atomic mass is 9.90. The number of amides is 1. The van der Waals surface area contributed by atoms with Crippen molar-refractivity contribution < 1.29 is 24.2 Å². The van der Waals surface area contributed by atoms with Gasteiger partial charge in [0.05, 0.1) is 25.6 Å². The molecule has 0 aromatic heterocycles. The number of piperidine rings is 1. The van der Waals surface area contributed by atoms with Crippen LogP contribution in [-0.4, -0.2) is 61.3 Å². The molecule has 2 atom stereocenters. The van der Waals surface area contributed by atoms with Crippen LogP contribution in [0.25, 0.3) is 0 Å². The smallest absolute Gasteiger partial charge is 0.307 e. The highest BCUT2D eigenvalue weighted by Gasteiger charge is 2.30. The first-order valence-corrected chi connectivity index (χ1v) is 9.05. The van der Waals surface area contributed by atoms with Crippen LogP contribution in [0.1, 0.15) is 20.3 Å². The van der Waals surface area contributed by atoms with E-state index in [4.69, 9.17) is 9.47 Å². The third-order valence-electron chi connectivity index (χ3n) is 4.28. The highest BCUT2D eigenvalue weighted by molar-refractivity contribution is 5.78. The molecule has 1 saturated heterocycles. The van der Waals surface area contributed by atoms with E-state index in [0.29, 0.717) is 32.7 Å². The zero-order valence-corrected chi connectivity index (χ0v) is 15.4. The van der Waals surface area contributed by atoms with Gasteiger partial charge in [-0.1, -0.05) is 6.92 Å². The normalized spacial score (nSPS) is 20.4. The summed E-state index contributed by atoms with van der Waals surface area (Å²) in [7, 11) is 0. The molecule has 0 spiro atoms. The fourth-order valence-corrected chi connectivity index (χ4v) is 3.19. The van der Waals surface area contributed by atoms with Crippen molar-refractivity contribution in [2.45, 2.75) is 20.3 Å². The molecule has 1 heterocycles. The van der Waals surface area contributed by atoms with Crippen molar-refractivity contribution >= 4 is 11.9 Å². The van der Waals surface area contributed by atoms with E-state index in [1.807, 2.05) is 43.0 Å². The second-order valence-corrected chi connectivity index (χ2v) is 6.67. The first-order valence-electron chi connectivity index (χ1n) is 9.05. The van der Waals surface area contributed by atoms with Crippen LogP contribution in [0.2, 0.25) is 0 Å². The number of hydrogen-bond donors (Lipinski definition) is 2. The highest BCUT2D eigenvalue weighted by Crippen LogP contribution is 2.21. The Morgan fingerprint density at radius 1 is 1.19 bits per heavy atom. The van der Waals surface area contributed by atoms with Gasteiger partial charge in [0.1, 0.15) is 18.1 Å². The lowest BCUT2D eigenvalue weighted by Crippen LogP contribution is -2.47. The lowest BCUT2D eigenvalue weighted by molar-refractivity contribution is -0.145. The molecule has 2 unspecified atom stereocenters. The average Bonchev–Trinajstić information content (AvgIpc) is 2.60. The van der Waals surface area contributed by atoms with Gasteiger partial charge in [-0.3, -0.25) is 14.5 Å². The summed E-state index contributed by atoms with van der Waals surface area (Å²) < 4.78 is 10.9. The molecule has 7 heteroatoms. The van der Waals surface area contributed by atoms with Crippen LogP contribution in [0, 0.1) is 11.8 Å². The van der Waals surface area contributed by atoms with Crippen molar-refractivity contribution in [3.8, 4) is 11.5 Å². The zero-order valence-electron chi connectivity index (χ0n) is 15.4. The molecule has 1 amide bonds. The third kappa shape index (κ3) is 6.55. The third-order valence-corrected chi connectivity index (χ3v) is 4.28. The number of carbonyl (C=O) groups excluding carboxylic acids is 1. The number of ether oxygens (including phenoxy) is 2. The highest BCUT2D eigenvalue weighted by atomic mass is 16.5. The number of likely N-dealkylation sites (tertiary alicyclic amines) is 1. The summed E-state index contributed by atoms with van der Waals surface area (Å²) in [4.78, 5) is 25.1. The maximum Gasteiger partial charge on any atom is 0.307 e. The van der Waals surface area contributed by atoms with E-state index in [2.05, 4.69) is 5.32 Å². The molecule has 2 rings (SSSR count). The van der Waals surface area contributed by atoms with E-state index >= 15 is 0 Å². The van der Waals surface area contributed by atoms with E-state index in [0.717, 1.165) is 18.0 Å². The van der Waals surface area contributed by atoms with Crippen molar-refractivity contribution in [2.75, 3.05) is 39.4 Å². The minimum absolute atomic E-state index is 0.112. The summed E-state index contributed by atoms with van der Waals surface area (Å²) in [6.07, 6.45) is 0.670. The number of rotatable bonds is 9. The molecule has 0 radical (unpaired) electrons. The molecule has 26 heavy (non-hydrogen) atoms. The van der Waals surface area contributed by atoms with Crippen LogP contribution < -0.4 is 14.8 Å². The van der Waals surface area contributed by atoms with Crippen molar-refractivity contribution in [3.63, 3.8) is 0 Å².